The van der Waals surface area contributed by atoms with Crippen molar-refractivity contribution < 1.29 is 14.3 Å². The lowest BCUT2D eigenvalue weighted by atomic mass is 10.2. The van der Waals surface area contributed by atoms with Crippen molar-refractivity contribution in [1.82, 2.24) is 4.90 Å². The number of nitrogens with one attached hydrogen (secondary N) is 1. The fraction of sp³-hybridized carbons (Fsp3) is 0.435. The summed E-state index contributed by atoms with van der Waals surface area (Å²) >= 11 is 0. The van der Waals surface area contributed by atoms with Gasteiger partial charge in [-0.1, -0.05) is 32.0 Å². The first kappa shape index (κ1) is 20.8. The summed E-state index contributed by atoms with van der Waals surface area (Å²) in [6.07, 6.45) is 1.84. The van der Waals surface area contributed by atoms with Gasteiger partial charge in [-0.15, -0.1) is 0 Å². The Kier molecular flexibility index (Phi) is 7.61. The lowest BCUT2D eigenvalue weighted by Crippen LogP contribution is -2.50. The van der Waals surface area contributed by atoms with Gasteiger partial charge in [0.2, 0.25) is 0 Å². The monoisotopic (exact) mass is 397 g/mol. The van der Waals surface area contributed by atoms with Crippen molar-refractivity contribution in [1.29, 1.82) is 0 Å². The van der Waals surface area contributed by atoms with Crippen LogP contribution in [0.5, 0.6) is 11.5 Å². The molecule has 0 spiro atoms. The van der Waals surface area contributed by atoms with Gasteiger partial charge in [0.15, 0.2) is 11.5 Å². The molecule has 6 heteroatoms. The van der Waals surface area contributed by atoms with Crippen LogP contribution in [0.25, 0.3) is 0 Å². The van der Waals surface area contributed by atoms with Crippen molar-refractivity contribution >= 4 is 17.4 Å². The summed E-state index contributed by atoms with van der Waals surface area (Å²) < 4.78 is 11.6. The maximum absolute atomic E-state index is 12.7. The Morgan fingerprint density at radius 1 is 0.897 bits per heavy atom. The molecule has 156 valence electrons. The second kappa shape index (κ2) is 10.6. The van der Waals surface area contributed by atoms with Gasteiger partial charge in [0, 0.05) is 43.6 Å². The molecule has 0 aliphatic carbocycles. The molecule has 0 radical (unpaired) electrons. The molecule has 29 heavy (non-hydrogen) atoms. The van der Waals surface area contributed by atoms with Crippen LogP contribution in [0, 0.1) is 0 Å². The number of carbonyl (C=O) groups excluding carboxylic acids is 1. The molecule has 2 aromatic carbocycles. The number of urea groups is 1. The highest BCUT2D eigenvalue weighted by Crippen LogP contribution is 2.31. The molecule has 1 saturated heterocycles. The average molecular weight is 398 g/mol. The topological polar surface area (TPSA) is 54.0 Å². The van der Waals surface area contributed by atoms with Crippen LogP contribution in [0.4, 0.5) is 16.2 Å². The van der Waals surface area contributed by atoms with Crippen LogP contribution in [0.15, 0.2) is 48.5 Å². The van der Waals surface area contributed by atoms with E-state index in [4.69, 9.17) is 9.47 Å². The molecule has 0 bridgehead atoms. The zero-order chi connectivity index (χ0) is 20.5. The molecule has 0 aromatic heterocycles. The van der Waals surface area contributed by atoms with E-state index in [1.54, 1.807) is 0 Å². The number of benzene rings is 2. The normalized spacial score (nSPS) is 13.9. The number of anilines is 2. The molecular formula is C23H31N3O3. The minimum atomic E-state index is -0.0821. The summed E-state index contributed by atoms with van der Waals surface area (Å²) in [6.45, 7) is 8.42. The molecule has 1 heterocycles. The number of hydrogen-bond acceptors (Lipinski definition) is 4. The number of rotatable bonds is 8. The fourth-order valence-corrected chi connectivity index (χ4v) is 3.25. The highest BCUT2D eigenvalue weighted by molar-refractivity contribution is 5.90. The largest absolute Gasteiger partial charge is 0.490 e. The Bertz CT molecular complexity index is 774. The molecule has 0 unspecified atom stereocenters. The highest BCUT2D eigenvalue weighted by atomic mass is 16.5. The molecule has 1 fully saturated rings. The minimum absolute atomic E-state index is 0.0821. The molecule has 1 aliphatic rings. The number of nitrogens with zero attached hydrogens (tertiary/aromatic N) is 2. The van der Waals surface area contributed by atoms with E-state index >= 15 is 0 Å². The number of hydrogen-bond donors (Lipinski definition) is 1. The van der Waals surface area contributed by atoms with Crippen molar-refractivity contribution in [2.24, 2.45) is 0 Å². The second-order valence-corrected chi connectivity index (χ2v) is 7.10. The van der Waals surface area contributed by atoms with Crippen LogP contribution in [0.1, 0.15) is 26.7 Å². The maximum Gasteiger partial charge on any atom is 0.321 e. The lowest BCUT2D eigenvalue weighted by molar-refractivity contribution is 0.208. The summed E-state index contributed by atoms with van der Waals surface area (Å²) in [5, 5.41) is 3.00. The van der Waals surface area contributed by atoms with Crippen molar-refractivity contribution in [2.75, 3.05) is 49.6 Å². The van der Waals surface area contributed by atoms with Crippen molar-refractivity contribution in [3.63, 3.8) is 0 Å². The van der Waals surface area contributed by atoms with Crippen LogP contribution in [-0.2, 0) is 0 Å². The van der Waals surface area contributed by atoms with E-state index in [9.17, 15) is 4.79 Å². The van der Waals surface area contributed by atoms with E-state index in [2.05, 4.69) is 36.2 Å². The summed E-state index contributed by atoms with van der Waals surface area (Å²) in [6, 6.07) is 15.8. The summed E-state index contributed by atoms with van der Waals surface area (Å²) in [5.41, 5.74) is 1.92. The molecule has 0 atom stereocenters. The van der Waals surface area contributed by atoms with Crippen LogP contribution >= 0.6 is 0 Å². The predicted octanol–water partition coefficient (Wildman–Crippen LogP) is 4.62. The molecule has 3 rings (SSSR count). The molecule has 1 N–H and O–H groups in total. The SMILES string of the molecule is CCCOc1ccc(NC(=O)N2CCN(c3ccccc3)CC2)cc1OCCC. The Balaban J connectivity index is 1.58. The van der Waals surface area contributed by atoms with E-state index in [-0.39, 0.29) is 6.03 Å². The Morgan fingerprint density at radius 3 is 2.21 bits per heavy atom. The van der Waals surface area contributed by atoms with Crippen LogP contribution in [-0.4, -0.2) is 50.3 Å². The van der Waals surface area contributed by atoms with E-state index in [1.807, 2.05) is 41.3 Å². The first-order valence-corrected chi connectivity index (χ1v) is 10.5. The Morgan fingerprint density at radius 2 is 1.55 bits per heavy atom. The van der Waals surface area contributed by atoms with Gasteiger partial charge in [0.1, 0.15) is 0 Å². The zero-order valence-electron chi connectivity index (χ0n) is 17.4. The van der Waals surface area contributed by atoms with Crippen LogP contribution < -0.4 is 19.7 Å². The van der Waals surface area contributed by atoms with Crippen LogP contribution in [0.3, 0.4) is 0 Å². The van der Waals surface area contributed by atoms with Crippen molar-refractivity contribution in [3.05, 3.63) is 48.5 Å². The molecule has 2 aromatic rings. The predicted molar refractivity (Wildman–Crippen MR) is 117 cm³/mol. The van der Waals surface area contributed by atoms with Gasteiger partial charge in [-0.3, -0.25) is 0 Å². The van der Waals surface area contributed by atoms with Gasteiger partial charge in [0.05, 0.1) is 13.2 Å². The minimum Gasteiger partial charge on any atom is -0.490 e. The van der Waals surface area contributed by atoms with E-state index < -0.39 is 0 Å². The molecular weight excluding hydrogens is 366 g/mol. The fourth-order valence-electron chi connectivity index (χ4n) is 3.25. The summed E-state index contributed by atoms with van der Waals surface area (Å²) in [4.78, 5) is 16.9. The average Bonchev–Trinajstić information content (AvgIpc) is 2.77. The third-order valence-electron chi connectivity index (χ3n) is 4.81. The quantitative estimate of drug-likeness (QED) is 0.706. The van der Waals surface area contributed by atoms with Gasteiger partial charge >= 0.3 is 6.03 Å². The third kappa shape index (κ3) is 5.79. The second-order valence-electron chi connectivity index (χ2n) is 7.10. The Labute approximate surface area is 173 Å². The van der Waals surface area contributed by atoms with Crippen LogP contribution in [0.2, 0.25) is 0 Å². The maximum atomic E-state index is 12.7. The lowest BCUT2D eigenvalue weighted by Gasteiger charge is -2.36. The summed E-state index contributed by atoms with van der Waals surface area (Å²) in [7, 11) is 0. The van der Waals surface area contributed by atoms with Gasteiger partial charge in [0.25, 0.3) is 0 Å². The molecule has 2 amide bonds. The molecule has 6 nitrogen and oxygen atoms in total. The van der Waals surface area contributed by atoms with E-state index in [1.165, 1.54) is 5.69 Å². The zero-order valence-corrected chi connectivity index (χ0v) is 17.4. The standard InChI is InChI=1S/C23H31N3O3/c1-3-16-28-21-11-10-19(18-22(21)29-17-4-2)24-23(27)26-14-12-25(13-15-26)20-8-6-5-7-9-20/h5-11,18H,3-4,12-17H2,1-2H3,(H,24,27). The van der Waals surface area contributed by atoms with Crippen molar-refractivity contribution in [3.8, 4) is 11.5 Å². The van der Waals surface area contributed by atoms with Gasteiger partial charge in [-0.25, -0.2) is 4.79 Å². The third-order valence-corrected chi connectivity index (χ3v) is 4.81. The summed E-state index contributed by atoms with van der Waals surface area (Å²) in [5.74, 6) is 1.39. The van der Waals surface area contributed by atoms with Gasteiger partial charge in [-0.05, 0) is 37.1 Å². The Hall–Kier alpha value is -2.89. The number of ether oxygens (including phenoxy) is 2. The number of piperazine rings is 1. The smallest absolute Gasteiger partial charge is 0.321 e. The number of carbonyl (C=O) groups is 1. The molecule has 1 aliphatic heterocycles. The number of para-hydroxylation sites is 1. The highest BCUT2D eigenvalue weighted by Gasteiger charge is 2.21. The molecule has 0 saturated carbocycles. The number of amides is 2. The van der Waals surface area contributed by atoms with E-state index in [0.717, 1.165) is 37.4 Å². The van der Waals surface area contributed by atoms with Gasteiger partial charge < -0.3 is 24.6 Å². The van der Waals surface area contributed by atoms with Crippen molar-refractivity contribution in [2.45, 2.75) is 26.7 Å². The first-order valence-electron chi connectivity index (χ1n) is 10.5. The first-order chi connectivity index (χ1) is 14.2. The van der Waals surface area contributed by atoms with Gasteiger partial charge in [-0.2, -0.15) is 0 Å². The van der Waals surface area contributed by atoms with E-state index in [0.29, 0.717) is 32.1 Å².